The second-order valence-corrected chi connectivity index (χ2v) is 6.73. The summed E-state index contributed by atoms with van der Waals surface area (Å²) in [6.45, 7) is 0.635. The smallest absolute Gasteiger partial charge is 0.337 e. The lowest BCUT2D eigenvalue weighted by atomic mass is 10.1. The number of carboxylic acid groups (broad SMARTS) is 1. The molecule has 1 aromatic heterocycles. The molecule has 0 aliphatic rings. The van der Waals surface area contributed by atoms with Crippen molar-refractivity contribution in [3.05, 3.63) is 82.5 Å². The van der Waals surface area contributed by atoms with Crippen LogP contribution in [0.1, 0.15) is 15.9 Å². The van der Waals surface area contributed by atoms with E-state index >= 15 is 0 Å². The molecule has 0 aliphatic heterocycles. The Labute approximate surface area is 147 Å². The molecule has 0 saturated carbocycles. The number of hydrogen-bond acceptors (Lipinski definition) is 1. The summed E-state index contributed by atoms with van der Waals surface area (Å²) < 4.78 is 2.87. The minimum Gasteiger partial charge on any atom is -0.478 e. The normalized spacial score (nSPS) is 11.2. The van der Waals surface area contributed by atoms with Gasteiger partial charge in [-0.15, -0.1) is 0 Å². The van der Waals surface area contributed by atoms with Crippen LogP contribution in [0.15, 0.2) is 71.3 Å². The molecule has 118 valence electrons. The van der Waals surface area contributed by atoms with Crippen LogP contribution < -0.4 is 0 Å². The molecule has 3 nitrogen and oxygen atoms in total. The van der Waals surface area contributed by atoms with Crippen LogP contribution in [0.3, 0.4) is 0 Å². The summed E-state index contributed by atoms with van der Waals surface area (Å²) in [7, 11) is 0. The molecule has 3 aromatic carbocycles. The Morgan fingerprint density at radius 3 is 2.58 bits per heavy atom. The molecule has 4 rings (SSSR count). The molecule has 0 fully saturated rings. The van der Waals surface area contributed by atoms with Gasteiger partial charge in [-0.1, -0.05) is 52.3 Å². The van der Waals surface area contributed by atoms with Crippen molar-refractivity contribution in [3.8, 4) is 0 Å². The van der Waals surface area contributed by atoms with Crippen LogP contribution in [-0.2, 0) is 6.54 Å². The Balaban J connectivity index is 1.82. The minimum atomic E-state index is -0.907. The van der Waals surface area contributed by atoms with Gasteiger partial charge in [0.05, 0.1) is 5.56 Å². The van der Waals surface area contributed by atoms with Gasteiger partial charge in [-0.3, -0.25) is 0 Å². The van der Waals surface area contributed by atoms with Gasteiger partial charge in [-0.05, 0) is 40.6 Å². The van der Waals surface area contributed by atoms with Gasteiger partial charge in [0.1, 0.15) is 0 Å². The van der Waals surface area contributed by atoms with Gasteiger partial charge in [0, 0.05) is 28.1 Å². The van der Waals surface area contributed by atoms with Crippen LogP contribution in [0.4, 0.5) is 0 Å². The standard InChI is InChI=1S/C20H14BrNO2/c21-16-7-8-19-17(10-16)18(20(23)24)12-22(19)11-13-5-6-14-3-1-2-4-15(14)9-13/h1-10,12H,11H2,(H,23,24). The zero-order chi connectivity index (χ0) is 16.7. The lowest BCUT2D eigenvalue weighted by Crippen LogP contribution is -1.98. The van der Waals surface area contributed by atoms with E-state index < -0.39 is 5.97 Å². The van der Waals surface area contributed by atoms with Crippen LogP contribution in [0, 0.1) is 0 Å². The number of rotatable bonds is 3. The largest absolute Gasteiger partial charge is 0.478 e. The molecule has 1 N–H and O–H groups in total. The van der Waals surface area contributed by atoms with Crippen molar-refractivity contribution >= 4 is 43.6 Å². The average Bonchev–Trinajstić information content (AvgIpc) is 2.92. The van der Waals surface area contributed by atoms with E-state index in [4.69, 9.17) is 0 Å². The summed E-state index contributed by atoms with van der Waals surface area (Å²) in [4.78, 5) is 11.5. The van der Waals surface area contributed by atoms with Crippen LogP contribution in [-0.4, -0.2) is 15.6 Å². The summed E-state index contributed by atoms with van der Waals surface area (Å²) >= 11 is 3.42. The average molecular weight is 380 g/mol. The second-order valence-electron chi connectivity index (χ2n) is 5.82. The van der Waals surface area contributed by atoms with E-state index in [1.54, 1.807) is 6.20 Å². The molecule has 0 amide bonds. The van der Waals surface area contributed by atoms with E-state index in [1.165, 1.54) is 10.8 Å². The predicted octanol–water partition coefficient (Wildman–Crippen LogP) is 5.30. The Morgan fingerprint density at radius 1 is 1.00 bits per heavy atom. The highest BCUT2D eigenvalue weighted by Gasteiger charge is 2.14. The molecule has 0 bridgehead atoms. The maximum absolute atomic E-state index is 11.5. The number of hydrogen-bond donors (Lipinski definition) is 1. The Morgan fingerprint density at radius 2 is 1.79 bits per heavy atom. The van der Waals surface area contributed by atoms with Crippen molar-refractivity contribution in [2.75, 3.05) is 0 Å². The van der Waals surface area contributed by atoms with Gasteiger partial charge in [0.25, 0.3) is 0 Å². The monoisotopic (exact) mass is 379 g/mol. The number of benzene rings is 3. The summed E-state index contributed by atoms with van der Waals surface area (Å²) in [5.74, 6) is -0.907. The first-order valence-corrected chi connectivity index (χ1v) is 8.40. The fourth-order valence-electron chi connectivity index (χ4n) is 3.10. The summed E-state index contributed by atoms with van der Waals surface area (Å²) in [6.07, 6.45) is 1.72. The number of aromatic carboxylic acids is 1. The summed E-state index contributed by atoms with van der Waals surface area (Å²) in [6, 6.07) is 20.3. The van der Waals surface area contributed by atoms with E-state index in [0.717, 1.165) is 20.9 Å². The number of nitrogens with zero attached hydrogens (tertiary/aromatic N) is 1. The molecule has 0 aliphatic carbocycles. The van der Waals surface area contributed by atoms with Crippen LogP contribution in [0.2, 0.25) is 0 Å². The first kappa shape index (κ1) is 15.0. The third-order valence-corrected chi connectivity index (χ3v) is 4.73. The lowest BCUT2D eigenvalue weighted by molar-refractivity contribution is 0.0699. The zero-order valence-electron chi connectivity index (χ0n) is 12.7. The topological polar surface area (TPSA) is 42.2 Å². The Kier molecular flexibility index (Phi) is 3.62. The predicted molar refractivity (Wildman–Crippen MR) is 99.6 cm³/mol. The molecule has 0 radical (unpaired) electrons. The maximum Gasteiger partial charge on any atom is 0.337 e. The Bertz CT molecular complexity index is 1080. The molecule has 4 heteroatoms. The van der Waals surface area contributed by atoms with E-state index in [-0.39, 0.29) is 0 Å². The molecular weight excluding hydrogens is 366 g/mol. The second kappa shape index (κ2) is 5.80. The Hall–Kier alpha value is -2.59. The van der Waals surface area contributed by atoms with Crippen molar-refractivity contribution < 1.29 is 9.90 Å². The molecule has 0 spiro atoms. The van der Waals surface area contributed by atoms with E-state index in [9.17, 15) is 9.90 Å². The quantitative estimate of drug-likeness (QED) is 0.524. The van der Waals surface area contributed by atoms with Crippen molar-refractivity contribution in [1.29, 1.82) is 0 Å². The first-order chi connectivity index (χ1) is 11.6. The first-order valence-electron chi connectivity index (χ1n) is 7.61. The highest BCUT2D eigenvalue weighted by Crippen LogP contribution is 2.26. The van der Waals surface area contributed by atoms with Crippen LogP contribution in [0.25, 0.3) is 21.7 Å². The molecule has 0 atom stereocenters. The van der Waals surface area contributed by atoms with Crippen LogP contribution >= 0.6 is 15.9 Å². The van der Waals surface area contributed by atoms with E-state index in [0.29, 0.717) is 12.1 Å². The molecular formula is C20H14BrNO2. The number of carboxylic acids is 1. The number of halogens is 1. The van der Waals surface area contributed by atoms with E-state index in [1.807, 2.05) is 34.9 Å². The van der Waals surface area contributed by atoms with Gasteiger partial charge in [-0.2, -0.15) is 0 Å². The van der Waals surface area contributed by atoms with Crippen molar-refractivity contribution in [2.45, 2.75) is 6.54 Å². The lowest BCUT2D eigenvalue weighted by Gasteiger charge is -2.07. The molecule has 4 aromatic rings. The number of carbonyl (C=O) groups is 1. The van der Waals surface area contributed by atoms with Crippen LogP contribution in [0.5, 0.6) is 0 Å². The highest BCUT2D eigenvalue weighted by atomic mass is 79.9. The summed E-state index contributed by atoms with van der Waals surface area (Å²) in [5, 5.41) is 12.6. The SMILES string of the molecule is O=C(O)c1cn(Cc2ccc3ccccc3c2)c2ccc(Br)cc12. The highest BCUT2D eigenvalue weighted by molar-refractivity contribution is 9.10. The third-order valence-electron chi connectivity index (χ3n) is 4.24. The van der Waals surface area contributed by atoms with Gasteiger partial charge >= 0.3 is 5.97 Å². The van der Waals surface area contributed by atoms with Gasteiger partial charge in [-0.25, -0.2) is 4.79 Å². The van der Waals surface area contributed by atoms with Gasteiger partial charge in [0.15, 0.2) is 0 Å². The summed E-state index contributed by atoms with van der Waals surface area (Å²) in [5.41, 5.74) is 2.39. The molecule has 0 unspecified atom stereocenters. The zero-order valence-corrected chi connectivity index (χ0v) is 14.3. The van der Waals surface area contributed by atoms with Crippen molar-refractivity contribution in [1.82, 2.24) is 4.57 Å². The number of aromatic nitrogens is 1. The third kappa shape index (κ3) is 2.59. The fraction of sp³-hybridized carbons (Fsp3) is 0.0500. The maximum atomic E-state index is 11.5. The van der Waals surface area contributed by atoms with Crippen molar-refractivity contribution in [2.24, 2.45) is 0 Å². The van der Waals surface area contributed by atoms with Gasteiger partial charge < -0.3 is 9.67 Å². The number of fused-ring (bicyclic) bond motifs is 2. The van der Waals surface area contributed by atoms with Gasteiger partial charge in [0.2, 0.25) is 0 Å². The van der Waals surface area contributed by atoms with E-state index in [2.05, 4.69) is 46.3 Å². The molecule has 0 saturated heterocycles. The molecule has 1 heterocycles. The van der Waals surface area contributed by atoms with Crippen molar-refractivity contribution in [3.63, 3.8) is 0 Å². The molecule has 24 heavy (non-hydrogen) atoms. The minimum absolute atomic E-state index is 0.326. The fourth-order valence-corrected chi connectivity index (χ4v) is 3.47.